The highest BCUT2D eigenvalue weighted by atomic mass is 79.9. The van der Waals surface area contributed by atoms with Crippen molar-refractivity contribution in [1.29, 1.82) is 0 Å². The van der Waals surface area contributed by atoms with Crippen LogP contribution in [0.25, 0.3) is 0 Å². The standard InChI is InChI=1S/C14H22BrN3O/c1-10(16)14(11-5-4-6-12(15)9-11)18(3)8-7-13(19)17-2/h4-6,9-10,14H,7-8,16H2,1-3H3,(H,17,19). The molecule has 0 aliphatic heterocycles. The largest absolute Gasteiger partial charge is 0.359 e. The first-order valence-corrected chi connectivity index (χ1v) is 7.17. The Morgan fingerprint density at radius 2 is 2.21 bits per heavy atom. The molecular formula is C14H22BrN3O. The van der Waals surface area contributed by atoms with Crippen LogP contribution in [0.2, 0.25) is 0 Å². The fourth-order valence-corrected chi connectivity index (χ4v) is 2.61. The number of hydrogen-bond acceptors (Lipinski definition) is 3. The second kappa shape index (κ2) is 7.62. The van der Waals surface area contributed by atoms with Crippen LogP contribution in [0, 0.1) is 0 Å². The molecule has 0 saturated heterocycles. The minimum Gasteiger partial charge on any atom is -0.359 e. The fraction of sp³-hybridized carbons (Fsp3) is 0.500. The molecule has 106 valence electrons. The van der Waals surface area contributed by atoms with Crippen LogP contribution in [0.4, 0.5) is 0 Å². The molecule has 0 bridgehead atoms. The molecule has 0 fully saturated rings. The van der Waals surface area contributed by atoms with Crippen molar-refractivity contribution in [2.24, 2.45) is 5.73 Å². The second-order valence-electron chi connectivity index (χ2n) is 4.76. The first-order valence-electron chi connectivity index (χ1n) is 6.37. The Morgan fingerprint density at radius 1 is 1.53 bits per heavy atom. The average Bonchev–Trinajstić information content (AvgIpc) is 2.35. The van der Waals surface area contributed by atoms with Crippen LogP contribution < -0.4 is 11.1 Å². The van der Waals surface area contributed by atoms with E-state index in [1.165, 1.54) is 0 Å². The maximum absolute atomic E-state index is 11.3. The molecule has 1 aromatic rings. The van der Waals surface area contributed by atoms with Crippen molar-refractivity contribution in [3.05, 3.63) is 34.3 Å². The minimum absolute atomic E-state index is 0.0102. The van der Waals surface area contributed by atoms with Crippen molar-refractivity contribution in [2.45, 2.75) is 25.4 Å². The summed E-state index contributed by atoms with van der Waals surface area (Å²) in [5, 5.41) is 2.63. The topological polar surface area (TPSA) is 58.4 Å². The van der Waals surface area contributed by atoms with Crippen LogP contribution in [0.5, 0.6) is 0 Å². The Hall–Kier alpha value is -0.910. The number of rotatable bonds is 6. The van der Waals surface area contributed by atoms with Crippen molar-refractivity contribution in [3.8, 4) is 0 Å². The van der Waals surface area contributed by atoms with E-state index in [4.69, 9.17) is 5.73 Å². The predicted molar refractivity (Wildman–Crippen MR) is 81.8 cm³/mol. The molecule has 3 N–H and O–H groups in total. The Balaban J connectivity index is 2.80. The van der Waals surface area contributed by atoms with Gasteiger partial charge in [0.05, 0.1) is 0 Å². The van der Waals surface area contributed by atoms with Crippen molar-refractivity contribution in [2.75, 3.05) is 20.6 Å². The highest BCUT2D eigenvalue weighted by molar-refractivity contribution is 9.10. The monoisotopic (exact) mass is 327 g/mol. The summed E-state index contributed by atoms with van der Waals surface area (Å²) in [7, 11) is 3.65. The molecule has 2 atom stereocenters. The molecule has 0 heterocycles. The first-order chi connectivity index (χ1) is 8.95. The molecule has 0 saturated carbocycles. The van der Waals surface area contributed by atoms with Crippen LogP contribution in [-0.4, -0.2) is 37.5 Å². The van der Waals surface area contributed by atoms with Gasteiger partial charge in [0, 0.05) is 36.6 Å². The summed E-state index contributed by atoms with van der Waals surface area (Å²) in [5.74, 6) is 0.0458. The van der Waals surface area contributed by atoms with E-state index >= 15 is 0 Å². The second-order valence-corrected chi connectivity index (χ2v) is 5.68. The van der Waals surface area contributed by atoms with E-state index in [0.717, 1.165) is 10.0 Å². The maximum Gasteiger partial charge on any atom is 0.221 e. The number of carbonyl (C=O) groups is 1. The third kappa shape index (κ3) is 4.93. The summed E-state index contributed by atoms with van der Waals surface area (Å²) >= 11 is 3.48. The van der Waals surface area contributed by atoms with E-state index in [-0.39, 0.29) is 18.0 Å². The summed E-state index contributed by atoms with van der Waals surface area (Å²) in [6.07, 6.45) is 0.476. The third-order valence-corrected chi connectivity index (χ3v) is 3.63. The average molecular weight is 328 g/mol. The fourth-order valence-electron chi connectivity index (χ4n) is 2.19. The van der Waals surface area contributed by atoms with Crippen molar-refractivity contribution < 1.29 is 4.79 Å². The molecule has 4 nitrogen and oxygen atoms in total. The van der Waals surface area contributed by atoms with Gasteiger partial charge in [0.1, 0.15) is 0 Å². The number of benzene rings is 1. The lowest BCUT2D eigenvalue weighted by Gasteiger charge is -2.31. The molecule has 1 aromatic carbocycles. The van der Waals surface area contributed by atoms with Crippen molar-refractivity contribution in [3.63, 3.8) is 0 Å². The zero-order valence-electron chi connectivity index (χ0n) is 11.7. The summed E-state index contributed by atoms with van der Waals surface area (Å²) in [6, 6.07) is 8.22. The minimum atomic E-state index is -0.0102. The van der Waals surface area contributed by atoms with Crippen LogP contribution in [-0.2, 0) is 4.79 Å². The van der Waals surface area contributed by atoms with Crippen LogP contribution in [0.1, 0.15) is 24.9 Å². The summed E-state index contributed by atoms with van der Waals surface area (Å²) in [5.41, 5.74) is 7.26. The van der Waals surface area contributed by atoms with Crippen LogP contribution >= 0.6 is 15.9 Å². The Bertz CT molecular complexity index is 423. The quantitative estimate of drug-likeness (QED) is 0.839. The molecule has 5 heteroatoms. The van der Waals surface area contributed by atoms with Gasteiger partial charge in [-0.05, 0) is 31.7 Å². The summed E-state index contributed by atoms with van der Waals surface area (Å²) in [6.45, 7) is 2.67. The van der Waals surface area contributed by atoms with E-state index in [1.54, 1.807) is 7.05 Å². The highest BCUT2D eigenvalue weighted by Gasteiger charge is 2.21. The van der Waals surface area contributed by atoms with Gasteiger partial charge in [-0.3, -0.25) is 9.69 Å². The smallest absolute Gasteiger partial charge is 0.221 e. The molecule has 0 aliphatic carbocycles. The van der Waals surface area contributed by atoms with E-state index in [1.807, 2.05) is 26.1 Å². The van der Waals surface area contributed by atoms with Gasteiger partial charge in [-0.2, -0.15) is 0 Å². The first kappa shape index (κ1) is 16.1. The zero-order chi connectivity index (χ0) is 14.4. The predicted octanol–water partition coefficient (Wildman–Crippen LogP) is 1.91. The molecule has 1 rings (SSSR count). The Kier molecular flexibility index (Phi) is 6.48. The van der Waals surface area contributed by atoms with E-state index < -0.39 is 0 Å². The van der Waals surface area contributed by atoms with Crippen molar-refractivity contribution >= 4 is 21.8 Å². The Morgan fingerprint density at radius 3 is 2.74 bits per heavy atom. The number of nitrogens with one attached hydrogen (secondary N) is 1. The number of nitrogens with two attached hydrogens (primary N) is 1. The van der Waals surface area contributed by atoms with Gasteiger partial charge in [0.25, 0.3) is 0 Å². The number of likely N-dealkylation sites (N-methyl/N-ethyl adjacent to an activating group) is 1. The summed E-state index contributed by atoms with van der Waals surface area (Å²) in [4.78, 5) is 13.4. The maximum atomic E-state index is 11.3. The lowest BCUT2D eigenvalue weighted by Crippen LogP contribution is -2.39. The molecule has 0 aliphatic rings. The zero-order valence-corrected chi connectivity index (χ0v) is 13.3. The molecule has 0 spiro atoms. The number of hydrogen-bond donors (Lipinski definition) is 2. The van der Waals surface area contributed by atoms with Crippen LogP contribution in [0.3, 0.4) is 0 Å². The van der Waals surface area contributed by atoms with Gasteiger partial charge in [0.15, 0.2) is 0 Å². The lowest BCUT2D eigenvalue weighted by atomic mass is 9.99. The molecule has 0 aromatic heterocycles. The van der Waals surface area contributed by atoms with Crippen LogP contribution in [0.15, 0.2) is 28.7 Å². The SMILES string of the molecule is CNC(=O)CCN(C)C(c1cccc(Br)c1)C(C)N. The van der Waals surface area contributed by atoms with Gasteiger partial charge in [-0.15, -0.1) is 0 Å². The van der Waals surface area contributed by atoms with Gasteiger partial charge < -0.3 is 11.1 Å². The summed E-state index contributed by atoms with van der Waals surface area (Å²) < 4.78 is 1.04. The van der Waals surface area contributed by atoms with Crippen molar-refractivity contribution in [1.82, 2.24) is 10.2 Å². The third-order valence-electron chi connectivity index (χ3n) is 3.13. The molecule has 0 radical (unpaired) electrons. The number of halogens is 1. The number of amides is 1. The van der Waals surface area contributed by atoms with E-state index in [2.05, 4.69) is 38.3 Å². The van der Waals surface area contributed by atoms with E-state index in [9.17, 15) is 4.79 Å². The normalized spacial score (nSPS) is 14.2. The van der Waals surface area contributed by atoms with Gasteiger partial charge in [-0.1, -0.05) is 28.1 Å². The van der Waals surface area contributed by atoms with Gasteiger partial charge >= 0.3 is 0 Å². The van der Waals surface area contributed by atoms with Gasteiger partial charge in [0.2, 0.25) is 5.91 Å². The number of carbonyl (C=O) groups excluding carboxylic acids is 1. The van der Waals surface area contributed by atoms with Gasteiger partial charge in [-0.25, -0.2) is 0 Å². The van der Waals surface area contributed by atoms with E-state index in [0.29, 0.717) is 13.0 Å². The molecule has 2 unspecified atom stereocenters. The number of nitrogens with zero attached hydrogens (tertiary/aromatic N) is 1. The Labute approximate surface area is 123 Å². The molecule has 19 heavy (non-hydrogen) atoms. The lowest BCUT2D eigenvalue weighted by molar-refractivity contribution is -0.121. The highest BCUT2D eigenvalue weighted by Crippen LogP contribution is 2.25. The molecular weight excluding hydrogens is 306 g/mol. The molecule has 1 amide bonds.